The molecule has 0 spiro atoms. The number of nitrogens with two attached hydrogens (primary N) is 1. The first-order chi connectivity index (χ1) is 22.2. The van der Waals surface area contributed by atoms with Crippen LogP contribution in [-0.2, 0) is 13.5 Å². The lowest BCUT2D eigenvalue weighted by atomic mass is 9.65. The summed E-state index contributed by atoms with van der Waals surface area (Å²) in [5, 5.41) is 10.5. The number of hydrogen-bond donors (Lipinski definition) is 3. The third-order valence-electron chi connectivity index (χ3n) is 10.8. The van der Waals surface area contributed by atoms with E-state index in [0.29, 0.717) is 35.4 Å². The second-order valence-electron chi connectivity index (χ2n) is 13.3. The molecule has 4 aromatic rings. The number of aromatic nitrogens is 5. The summed E-state index contributed by atoms with van der Waals surface area (Å²) in [6.07, 6.45) is 8.03. The second-order valence-corrected chi connectivity index (χ2v) is 13.3. The Morgan fingerprint density at radius 3 is 2.59 bits per heavy atom. The molecule has 12 heteroatoms. The predicted molar refractivity (Wildman–Crippen MR) is 169 cm³/mol. The molecular formula is C34H41F3N8O. The van der Waals surface area contributed by atoms with Gasteiger partial charge in [-0.05, 0) is 69.5 Å². The molecule has 1 aliphatic heterocycles. The minimum absolute atomic E-state index is 0.0454. The van der Waals surface area contributed by atoms with Crippen LogP contribution in [0.4, 0.5) is 19.0 Å². The molecule has 2 unspecified atom stereocenters. The number of hydrogen-bond acceptors (Lipinski definition) is 6. The third kappa shape index (κ3) is 5.34. The van der Waals surface area contributed by atoms with Crippen LogP contribution in [0.1, 0.15) is 97.6 Å². The molecule has 1 aromatic carbocycles. The smallest absolute Gasteiger partial charge is 0.382 e. The monoisotopic (exact) mass is 634 g/mol. The van der Waals surface area contributed by atoms with E-state index in [-0.39, 0.29) is 25.3 Å². The lowest BCUT2D eigenvalue weighted by molar-refractivity contribution is -0.257. The Bertz CT molecular complexity index is 1720. The average molecular weight is 635 g/mol. The normalized spacial score (nSPS) is 24.4. The number of nitrogen functional groups attached to an aromatic ring is 1. The van der Waals surface area contributed by atoms with E-state index in [1.165, 1.54) is 11.3 Å². The van der Waals surface area contributed by atoms with Crippen molar-refractivity contribution in [1.29, 1.82) is 0 Å². The van der Waals surface area contributed by atoms with E-state index in [2.05, 4.69) is 20.7 Å². The molecule has 2 fully saturated rings. The topological polar surface area (TPSA) is 115 Å². The number of carbonyl (C=O) groups is 1. The highest BCUT2D eigenvalue weighted by Crippen LogP contribution is 2.55. The van der Waals surface area contributed by atoms with Crippen LogP contribution in [0.25, 0.3) is 16.8 Å². The number of carbonyl (C=O) groups excluding carboxylic acids is 1. The van der Waals surface area contributed by atoms with Gasteiger partial charge in [-0.2, -0.15) is 18.3 Å². The highest BCUT2D eigenvalue weighted by molar-refractivity contribution is 5.95. The molecule has 9 nitrogen and oxygen atoms in total. The van der Waals surface area contributed by atoms with Crippen molar-refractivity contribution in [3.8, 4) is 11.3 Å². The predicted octanol–water partition coefficient (Wildman–Crippen LogP) is 6.14. The molecule has 3 atom stereocenters. The number of nitrogens with zero attached hydrogens (tertiary/aromatic N) is 5. The molecule has 3 aliphatic rings. The van der Waals surface area contributed by atoms with Gasteiger partial charge in [0.2, 0.25) is 0 Å². The zero-order valence-electron chi connectivity index (χ0n) is 26.1. The van der Waals surface area contributed by atoms with Gasteiger partial charge in [-0.3, -0.25) is 19.2 Å². The van der Waals surface area contributed by atoms with Crippen molar-refractivity contribution >= 4 is 17.2 Å². The molecule has 7 rings (SSSR count). The standard InChI is InChI=1S/C34H41F3N8O/c1-44-26-10-6-9-24(25(26)20-41-44)31-43-28(29-30(38)40-17-18-45(29)31)21-11-13-22(14-12-21)32(46)42-27-19-33(15-16-39-27,34(35,36)37)23-7-4-2-3-5-8-23/h11-14,17-18,20,23-24,27,39H,2-10,15-16,19H2,1H3,(H2,38,40)(H,42,46)/t24-,27?,33?/m1/s1. The average Bonchev–Trinajstić information content (AvgIpc) is 3.50. The summed E-state index contributed by atoms with van der Waals surface area (Å²) >= 11 is 0. The van der Waals surface area contributed by atoms with Crippen LogP contribution >= 0.6 is 0 Å². The molecule has 4 N–H and O–H groups in total. The van der Waals surface area contributed by atoms with Gasteiger partial charge in [-0.25, -0.2) is 9.97 Å². The first kappa shape index (κ1) is 30.7. The van der Waals surface area contributed by atoms with Crippen molar-refractivity contribution in [2.24, 2.45) is 18.4 Å². The molecule has 1 saturated carbocycles. The zero-order valence-corrected chi connectivity index (χ0v) is 26.1. The molecule has 244 valence electrons. The highest BCUT2D eigenvalue weighted by Gasteiger charge is 2.60. The number of anilines is 1. The Balaban J connectivity index is 1.13. The Hall–Kier alpha value is -3.93. The Morgan fingerprint density at radius 2 is 1.85 bits per heavy atom. The van der Waals surface area contributed by atoms with Gasteiger partial charge >= 0.3 is 6.18 Å². The zero-order chi connectivity index (χ0) is 32.1. The third-order valence-corrected chi connectivity index (χ3v) is 10.8. The number of halogens is 3. The van der Waals surface area contributed by atoms with Gasteiger partial charge in [0.1, 0.15) is 22.9 Å². The van der Waals surface area contributed by atoms with E-state index < -0.39 is 29.6 Å². The Kier molecular flexibility index (Phi) is 8.02. The first-order valence-corrected chi connectivity index (χ1v) is 16.5. The molecule has 2 aliphatic carbocycles. The number of nitrogens with one attached hydrogen (secondary N) is 2. The van der Waals surface area contributed by atoms with Gasteiger partial charge in [-0.15, -0.1) is 0 Å². The van der Waals surface area contributed by atoms with Crippen LogP contribution in [0, 0.1) is 11.3 Å². The van der Waals surface area contributed by atoms with E-state index >= 15 is 0 Å². The Labute approximate surface area is 266 Å². The maximum absolute atomic E-state index is 14.7. The summed E-state index contributed by atoms with van der Waals surface area (Å²) in [5.74, 6) is 0.442. The number of amides is 1. The summed E-state index contributed by atoms with van der Waals surface area (Å²) in [6.45, 7) is 0.215. The largest absolute Gasteiger partial charge is 0.394 e. The number of fused-ring (bicyclic) bond motifs is 2. The number of rotatable bonds is 5. The number of aryl methyl sites for hydroxylation is 1. The number of imidazole rings is 1. The molecule has 4 heterocycles. The van der Waals surface area contributed by atoms with Gasteiger partial charge in [0, 0.05) is 47.7 Å². The number of benzene rings is 1. The fourth-order valence-electron chi connectivity index (χ4n) is 8.33. The van der Waals surface area contributed by atoms with Gasteiger partial charge < -0.3 is 11.1 Å². The molecule has 0 bridgehead atoms. The van der Waals surface area contributed by atoms with Gasteiger partial charge in [-0.1, -0.05) is 37.8 Å². The van der Waals surface area contributed by atoms with E-state index in [0.717, 1.165) is 56.3 Å². The molecule has 1 amide bonds. The summed E-state index contributed by atoms with van der Waals surface area (Å²) in [4.78, 5) is 22.8. The lowest BCUT2D eigenvalue weighted by Gasteiger charge is -2.47. The van der Waals surface area contributed by atoms with E-state index in [4.69, 9.17) is 10.7 Å². The minimum Gasteiger partial charge on any atom is -0.382 e. The molecule has 1 saturated heterocycles. The summed E-state index contributed by atoms with van der Waals surface area (Å²) < 4.78 is 48.1. The summed E-state index contributed by atoms with van der Waals surface area (Å²) in [6, 6.07) is 6.99. The van der Waals surface area contributed by atoms with Gasteiger partial charge in [0.05, 0.1) is 17.8 Å². The fourth-order valence-corrected chi connectivity index (χ4v) is 8.33. The molecule has 0 radical (unpaired) electrons. The van der Waals surface area contributed by atoms with E-state index in [1.807, 2.05) is 40.7 Å². The maximum Gasteiger partial charge on any atom is 0.394 e. The van der Waals surface area contributed by atoms with Crippen molar-refractivity contribution in [3.05, 3.63) is 65.5 Å². The van der Waals surface area contributed by atoms with Gasteiger partial charge in [0.25, 0.3) is 5.91 Å². The minimum atomic E-state index is -4.33. The number of alkyl halides is 3. The second kappa shape index (κ2) is 12.0. The van der Waals surface area contributed by atoms with Crippen LogP contribution in [0.2, 0.25) is 0 Å². The highest BCUT2D eigenvalue weighted by atomic mass is 19.4. The van der Waals surface area contributed by atoms with Crippen molar-refractivity contribution in [1.82, 2.24) is 34.8 Å². The van der Waals surface area contributed by atoms with Gasteiger partial charge in [0.15, 0.2) is 0 Å². The summed E-state index contributed by atoms with van der Waals surface area (Å²) in [7, 11) is 1.96. The van der Waals surface area contributed by atoms with Crippen LogP contribution in [0.5, 0.6) is 0 Å². The number of piperidine rings is 1. The van der Waals surface area contributed by atoms with Crippen molar-refractivity contribution < 1.29 is 18.0 Å². The fraction of sp³-hybridized carbons (Fsp3) is 0.529. The summed E-state index contributed by atoms with van der Waals surface area (Å²) in [5.41, 5.74) is 9.47. The van der Waals surface area contributed by atoms with Crippen molar-refractivity contribution in [2.75, 3.05) is 12.3 Å². The van der Waals surface area contributed by atoms with Crippen molar-refractivity contribution in [3.63, 3.8) is 0 Å². The Morgan fingerprint density at radius 1 is 1.09 bits per heavy atom. The quantitative estimate of drug-likeness (QED) is 0.227. The van der Waals surface area contributed by atoms with Crippen LogP contribution in [0.15, 0.2) is 42.9 Å². The SMILES string of the molecule is Cn1ncc2c1CCC[C@H]2c1nc(-c2ccc(C(=O)NC3CC(C4CCCCCC4)(C(F)(F)F)CCN3)cc2)c2c(N)nccn12. The van der Waals surface area contributed by atoms with Crippen LogP contribution < -0.4 is 16.4 Å². The van der Waals surface area contributed by atoms with Crippen molar-refractivity contribution in [2.45, 2.75) is 88.9 Å². The first-order valence-electron chi connectivity index (χ1n) is 16.5. The van der Waals surface area contributed by atoms with Crippen LogP contribution in [-0.4, -0.2) is 48.9 Å². The lowest BCUT2D eigenvalue weighted by Crippen LogP contribution is -2.59. The van der Waals surface area contributed by atoms with E-state index in [1.54, 1.807) is 18.3 Å². The van der Waals surface area contributed by atoms with E-state index in [9.17, 15) is 18.0 Å². The molecular weight excluding hydrogens is 593 g/mol. The maximum atomic E-state index is 14.7. The molecule has 3 aromatic heterocycles. The molecule has 46 heavy (non-hydrogen) atoms. The van der Waals surface area contributed by atoms with Crippen LogP contribution in [0.3, 0.4) is 0 Å².